The predicted octanol–water partition coefficient (Wildman–Crippen LogP) is 3.65. The summed E-state index contributed by atoms with van der Waals surface area (Å²) >= 11 is 8.37. The van der Waals surface area contributed by atoms with Crippen LogP contribution in [0.2, 0.25) is 5.02 Å². The van der Waals surface area contributed by atoms with Crippen molar-refractivity contribution in [3.8, 4) is 0 Å². The van der Waals surface area contributed by atoms with Crippen LogP contribution in [0.1, 0.15) is 11.1 Å². The molecule has 0 spiro atoms. The molecule has 2 rings (SSSR count). The Morgan fingerprint density at radius 2 is 1.95 bits per heavy atom. The molecule has 2 aromatic rings. The molecule has 0 heterocycles. The summed E-state index contributed by atoms with van der Waals surface area (Å²) in [5, 5.41) is 15.5. The van der Waals surface area contributed by atoms with Crippen LogP contribution in [-0.2, 0) is 6.54 Å². The standard InChI is InChI=1S/C14H13ClIN3O/c15-12-7-11(16)5-6-13(12)18-8-9-1-3-10(4-2-9)14(17)19-20/h1-7,18,20H,8H2,(H2,17,19). The van der Waals surface area contributed by atoms with Crippen LogP contribution in [0.15, 0.2) is 47.6 Å². The molecular weight excluding hydrogens is 389 g/mol. The average molecular weight is 402 g/mol. The molecule has 0 fully saturated rings. The fourth-order valence-electron chi connectivity index (χ4n) is 1.68. The first kappa shape index (κ1) is 14.9. The molecule has 0 saturated heterocycles. The maximum absolute atomic E-state index is 8.60. The first-order chi connectivity index (χ1) is 9.60. The maximum atomic E-state index is 8.60. The van der Waals surface area contributed by atoms with E-state index in [0.717, 1.165) is 14.8 Å². The summed E-state index contributed by atoms with van der Waals surface area (Å²) in [6, 6.07) is 13.3. The summed E-state index contributed by atoms with van der Waals surface area (Å²) in [4.78, 5) is 0. The lowest BCUT2D eigenvalue weighted by Gasteiger charge is -2.09. The van der Waals surface area contributed by atoms with Crippen LogP contribution < -0.4 is 11.1 Å². The van der Waals surface area contributed by atoms with Gasteiger partial charge in [0.1, 0.15) is 0 Å². The van der Waals surface area contributed by atoms with Crippen LogP contribution in [0, 0.1) is 3.57 Å². The maximum Gasteiger partial charge on any atom is 0.170 e. The van der Waals surface area contributed by atoms with Crippen molar-refractivity contribution < 1.29 is 5.21 Å². The first-order valence-corrected chi connectivity index (χ1v) is 7.31. The summed E-state index contributed by atoms with van der Waals surface area (Å²) < 4.78 is 1.10. The summed E-state index contributed by atoms with van der Waals surface area (Å²) in [5.41, 5.74) is 8.17. The quantitative estimate of drug-likeness (QED) is 0.241. The Morgan fingerprint density at radius 1 is 1.25 bits per heavy atom. The number of hydrogen-bond acceptors (Lipinski definition) is 3. The monoisotopic (exact) mass is 401 g/mol. The zero-order valence-electron chi connectivity index (χ0n) is 10.5. The number of oxime groups is 1. The van der Waals surface area contributed by atoms with Gasteiger partial charge in [-0.05, 0) is 46.4 Å². The fourth-order valence-corrected chi connectivity index (χ4v) is 2.60. The lowest BCUT2D eigenvalue weighted by Crippen LogP contribution is -2.13. The molecule has 4 N–H and O–H groups in total. The molecule has 0 radical (unpaired) electrons. The van der Waals surface area contributed by atoms with E-state index in [2.05, 4.69) is 33.1 Å². The zero-order valence-corrected chi connectivity index (χ0v) is 13.4. The predicted molar refractivity (Wildman–Crippen MR) is 90.4 cm³/mol. The van der Waals surface area contributed by atoms with Crippen molar-refractivity contribution in [3.63, 3.8) is 0 Å². The number of nitrogens with one attached hydrogen (secondary N) is 1. The van der Waals surface area contributed by atoms with Crippen molar-refractivity contribution >= 4 is 45.7 Å². The van der Waals surface area contributed by atoms with Gasteiger partial charge in [-0.2, -0.15) is 0 Å². The second kappa shape index (κ2) is 6.81. The summed E-state index contributed by atoms with van der Waals surface area (Å²) in [7, 11) is 0. The van der Waals surface area contributed by atoms with Crippen molar-refractivity contribution in [3.05, 3.63) is 62.2 Å². The number of halogens is 2. The highest BCUT2D eigenvalue weighted by atomic mass is 127. The van der Waals surface area contributed by atoms with Crippen LogP contribution in [0.5, 0.6) is 0 Å². The Labute approximate surface area is 135 Å². The van der Waals surface area contributed by atoms with E-state index in [0.29, 0.717) is 17.1 Å². The molecule has 0 aliphatic heterocycles. The van der Waals surface area contributed by atoms with Crippen LogP contribution >= 0.6 is 34.2 Å². The molecule has 2 aromatic carbocycles. The van der Waals surface area contributed by atoms with Crippen molar-refractivity contribution in [1.29, 1.82) is 0 Å². The molecular formula is C14H13ClIN3O. The van der Waals surface area contributed by atoms with Gasteiger partial charge in [0, 0.05) is 15.7 Å². The van der Waals surface area contributed by atoms with Crippen molar-refractivity contribution in [2.45, 2.75) is 6.54 Å². The van der Waals surface area contributed by atoms with Gasteiger partial charge in [-0.15, -0.1) is 0 Å². The van der Waals surface area contributed by atoms with Crippen LogP contribution in [0.4, 0.5) is 5.69 Å². The topological polar surface area (TPSA) is 70.6 Å². The zero-order chi connectivity index (χ0) is 14.5. The lowest BCUT2D eigenvalue weighted by atomic mass is 10.1. The molecule has 0 amide bonds. The van der Waals surface area contributed by atoms with Crippen LogP contribution in [0.3, 0.4) is 0 Å². The second-order valence-electron chi connectivity index (χ2n) is 4.16. The molecule has 0 bridgehead atoms. The fraction of sp³-hybridized carbons (Fsp3) is 0.0714. The number of benzene rings is 2. The van der Waals surface area contributed by atoms with E-state index in [9.17, 15) is 0 Å². The van der Waals surface area contributed by atoms with Gasteiger partial charge in [0.2, 0.25) is 0 Å². The van der Waals surface area contributed by atoms with Gasteiger partial charge in [0.25, 0.3) is 0 Å². The SMILES string of the molecule is N/C(=N/O)c1ccc(CNc2ccc(I)cc2Cl)cc1. The molecule has 0 aliphatic rings. The van der Waals surface area contributed by atoms with Gasteiger partial charge in [0.15, 0.2) is 5.84 Å². The third kappa shape index (κ3) is 3.77. The van der Waals surface area contributed by atoms with Gasteiger partial charge in [0.05, 0.1) is 10.7 Å². The Hall–Kier alpha value is -1.47. The second-order valence-corrected chi connectivity index (χ2v) is 5.81. The van der Waals surface area contributed by atoms with Crippen molar-refractivity contribution in [1.82, 2.24) is 0 Å². The van der Waals surface area contributed by atoms with Crippen molar-refractivity contribution in [2.75, 3.05) is 5.32 Å². The van der Waals surface area contributed by atoms with E-state index in [1.165, 1.54) is 0 Å². The van der Waals surface area contributed by atoms with Crippen LogP contribution in [0.25, 0.3) is 0 Å². The number of amidine groups is 1. The minimum atomic E-state index is 0.102. The third-order valence-electron chi connectivity index (χ3n) is 2.77. The summed E-state index contributed by atoms with van der Waals surface area (Å²) in [6.07, 6.45) is 0. The molecule has 0 saturated carbocycles. The number of hydrogen-bond donors (Lipinski definition) is 3. The number of nitrogens with two attached hydrogens (primary N) is 1. The van der Waals surface area contributed by atoms with E-state index < -0.39 is 0 Å². The Bertz CT molecular complexity index is 629. The summed E-state index contributed by atoms with van der Waals surface area (Å²) in [6.45, 7) is 0.650. The van der Waals surface area contributed by atoms with E-state index in [1.54, 1.807) is 0 Å². The molecule has 0 unspecified atom stereocenters. The molecule has 0 atom stereocenters. The van der Waals surface area contributed by atoms with Gasteiger partial charge in [-0.1, -0.05) is 41.0 Å². The van der Waals surface area contributed by atoms with Crippen LogP contribution in [-0.4, -0.2) is 11.0 Å². The van der Waals surface area contributed by atoms with Gasteiger partial charge >= 0.3 is 0 Å². The van der Waals surface area contributed by atoms with Gasteiger partial charge in [-0.3, -0.25) is 0 Å². The molecule has 20 heavy (non-hydrogen) atoms. The van der Waals surface area contributed by atoms with Gasteiger partial charge < -0.3 is 16.3 Å². The third-order valence-corrected chi connectivity index (χ3v) is 3.76. The largest absolute Gasteiger partial charge is 0.409 e. The average Bonchev–Trinajstić information content (AvgIpc) is 2.46. The molecule has 104 valence electrons. The minimum absolute atomic E-state index is 0.102. The lowest BCUT2D eigenvalue weighted by molar-refractivity contribution is 0.318. The number of rotatable bonds is 4. The molecule has 6 heteroatoms. The minimum Gasteiger partial charge on any atom is -0.409 e. The smallest absolute Gasteiger partial charge is 0.170 e. The Morgan fingerprint density at radius 3 is 2.55 bits per heavy atom. The Kier molecular flexibility index (Phi) is 5.08. The van der Waals surface area contributed by atoms with E-state index in [-0.39, 0.29) is 5.84 Å². The molecule has 0 aliphatic carbocycles. The van der Waals surface area contributed by atoms with E-state index in [4.69, 9.17) is 22.5 Å². The number of anilines is 1. The highest BCUT2D eigenvalue weighted by Gasteiger charge is 2.02. The van der Waals surface area contributed by atoms with E-state index in [1.807, 2.05) is 42.5 Å². The normalized spacial score (nSPS) is 11.4. The Balaban J connectivity index is 2.04. The van der Waals surface area contributed by atoms with Gasteiger partial charge in [-0.25, -0.2) is 0 Å². The summed E-state index contributed by atoms with van der Waals surface area (Å²) in [5.74, 6) is 0.102. The van der Waals surface area contributed by atoms with Crippen molar-refractivity contribution in [2.24, 2.45) is 10.9 Å². The highest BCUT2D eigenvalue weighted by Crippen LogP contribution is 2.24. The molecule has 0 aromatic heterocycles. The number of nitrogens with zero attached hydrogens (tertiary/aromatic N) is 1. The highest BCUT2D eigenvalue weighted by molar-refractivity contribution is 14.1. The first-order valence-electron chi connectivity index (χ1n) is 5.86. The van der Waals surface area contributed by atoms with E-state index >= 15 is 0 Å². The molecule has 4 nitrogen and oxygen atoms in total.